The average Bonchev–Trinajstić information content (AvgIpc) is 2.81. The topological polar surface area (TPSA) is 102 Å². The van der Waals surface area contributed by atoms with Crippen molar-refractivity contribution in [3.05, 3.63) is 28.2 Å². The van der Waals surface area contributed by atoms with Crippen molar-refractivity contribution in [1.82, 2.24) is 0 Å². The highest BCUT2D eigenvalue weighted by Gasteiger charge is 2.43. The van der Waals surface area contributed by atoms with Gasteiger partial charge in [-0.3, -0.25) is 4.79 Å². The van der Waals surface area contributed by atoms with Crippen LogP contribution in [0.3, 0.4) is 0 Å². The lowest BCUT2D eigenvalue weighted by Crippen LogP contribution is -2.47. The normalized spacial score (nSPS) is 22.2. The molecule has 1 atom stereocenters. The van der Waals surface area contributed by atoms with E-state index >= 15 is 0 Å². The molecule has 1 aliphatic heterocycles. The number of hydrogen-bond acceptors (Lipinski definition) is 4. The Hall–Kier alpha value is -1.60. The van der Waals surface area contributed by atoms with Gasteiger partial charge >= 0.3 is 5.97 Å². The van der Waals surface area contributed by atoms with E-state index in [0.29, 0.717) is 23.2 Å². The number of anilines is 1. The highest BCUT2D eigenvalue weighted by Crippen LogP contribution is 2.28. The SMILES string of the molecule is NC(=O)c1cc(Br)ccc1NC1(C(=O)O)CCOC1. The molecule has 6 nitrogen and oxygen atoms in total. The monoisotopic (exact) mass is 328 g/mol. The Kier molecular flexibility index (Phi) is 3.77. The number of amides is 1. The largest absolute Gasteiger partial charge is 0.479 e. The molecule has 0 radical (unpaired) electrons. The summed E-state index contributed by atoms with van der Waals surface area (Å²) in [7, 11) is 0. The number of rotatable bonds is 4. The molecule has 0 bridgehead atoms. The Bertz CT molecular complexity index is 526. The number of aliphatic carboxylic acids is 1. The minimum Gasteiger partial charge on any atom is -0.479 e. The van der Waals surface area contributed by atoms with E-state index in [-0.39, 0.29) is 12.2 Å². The molecule has 0 spiro atoms. The summed E-state index contributed by atoms with van der Waals surface area (Å²) < 4.78 is 5.84. The summed E-state index contributed by atoms with van der Waals surface area (Å²) in [4.78, 5) is 22.8. The van der Waals surface area contributed by atoms with Gasteiger partial charge in [0, 0.05) is 23.2 Å². The quantitative estimate of drug-likeness (QED) is 0.770. The van der Waals surface area contributed by atoms with Crippen molar-refractivity contribution < 1.29 is 19.4 Å². The maximum atomic E-state index is 11.4. The zero-order chi connectivity index (χ0) is 14.0. The number of benzene rings is 1. The molecule has 2 rings (SSSR count). The summed E-state index contributed by atoms with van der Waals surface area (Å²) in [6.45, 7) is 0.415. The molecule has 1 amide bonds. The Morgan fingerprint density at radius 2 is 2.21 bits per heavy atom. The third kappa shape index (κ3) is 2.71. The van der Waals surface area contributed by atoms with Crippen molar-refractivity contribution in [3.8, 4) is 0 Å². The second kappa shape index (κ2) is 5.18. The number of carbonyl (C=O) groups is 2. The smallest absolute Gasteiger partial charge is 0.331 e. The fourth-order valence-corrected chi connectivity index (χ4v) is 2.33. The highest BCUT2D eigenvalue weighted by atomic mass is 79.9. The molecule has 1 aromatic carbocycles. The lowest BCUT2D eigenvalue weighted by molar-refractivity contribution is -0.142. The van der Waals surface area contributed by atoms with Gasteiger partial charge in [-0.25, -0.2) is 4.79 Å². The van der Waals surface area contributed by atoms with Crippen LogP contribution in [-0.4, -0.2) is 35.7 Å². The number of halogens is 1. The molecule has 0 saturated carbocycles. The first kappa shape index (κ1) is 13.8. The molecule has 19 heavy (non-hydrogen) atoms. The van der Waals surface area contributed by atoms with Crippen LogP contribution in [-0.2, 0) is 9.53 Å². The van der Waals surface area contributed by atoms with Gasteiger partial charge in [0.15, 0.2) is 5.54 Å². The van der Waals surface area contributed by atoms with Crippen LogP contribution < -0.4 is 11.1 Å². The van der Waals surface area contributed by atoms with Gasteiger partial charge in [0.2, 0.25) is 0 Å². The van der Waals surface area contributed by atoms with Gasteiger partial charge in [0.1, 0.15) is 0 Å². The number of nitrogens with two attached hydrogens (primary N) is 1. The highest BCUT2D eigenvalue weighted by molar-refractivity contribution is 9.10. The van der Waals surface area contributed by atoms with E-state index in [1.54, 1.807) is 18.2 Å². The van der Waals surface area contributed by atoms with Gasteiger partial charge in [-0.05, 0) is 18.2 Å². The van der Waals surface area contributed by atoms with Gasteiger partial charge in [-0.1, -0.05) is 15.9 Å². The Morgan fingerprint density at radius 3 is 2.74 bits per heavy atom. The summed E-state index contributed by atoms with van der Waals surface area (Å²) in [6, 6.07) is 4.88. The van der Waals surface area contributed by atoms with E-state index in [9.17, 15) is 14.7 Å². The van der Waals surface area contributed by atoms with E-state index < -0.39 is 17.4 Å². The van der Waals surface area contributed by atoms with Crippen LogP contribution in [0.1, 0.15) is 16.8 Å². The number of hydrogen-bond donors (Lipinski definition) is 3. The second-order valence-corrected chi connectivity index (χ2v) is 5.28. The fraction of sp³-hybridized carbons (Fsp3) is 0.333. The minimum absolute atomic E-state index is 0.0522. The van der Waals surface area contributed by atoms with Crippen molar-refractivity contribution in [3.63, 3.8) is 0 Å². The molecular weight excluding hydrogens is 316 g/mol. The molecule has 0 aromatic heterocycles. The number of primary amides is 1. The third-order valence-corrected chi connectivity index (χ3v) is 3.55. The molecular formula is C12H13BrN2O4. The summed E-state index contributed by atoms with van der Waals surface area (Å²) in [6.07, 6.45) is 0.330. The molecule has 4 N–H and O–H groups in total. The van der Waals surface area contributed by atoms with Crippen LogP contribution in [0.25, 0.3) is 0 Å². The summed E-state index contributed by atoms with van der Waals surface area (Å²) in [5.74, 6) is -1.63. The Labute approximate surface area is 118 Å². The maximum absolute atomic E-state index is 11.4. The molecule has 1 saturated heterocycles. The number of ether oxygens (including phenoxy) is 1. The van der Waals surface area contributed by atoms with Crippen LogP contribution in [0.15, 0.2) is 22.7 Å². The van der Waals surface area contributed by atoms with Gasteiger partial charge in [-0.15, -0.1) is 0 Å². The van der Waals surface area contributed by atoms with Crippen molar-refractivity contribution in [1.29, 1.82) is 0 Å². The fourth-order valence-electron chi connectivity index (χ4n) is 1.97. The first-order valence-corrected chi connectivity index (χ1v) is 6.43. The van der Waals surface area contributed by atoms with Gasteiger partial charge in [0.25, 0.3) is 5.91 Å². The predicted octanol–water partition coefficient (Wildman–Crippen LogP) is 1.20. The van der Waals surface area contributed by atoms with Crippen molar-refractivity contribution in [2.75, 3.05) is 18.5 Å². The van der Waals surface area contributed by atoms with E-state index in [4.69, 9.17) is 10.5 Å². The van der Waals surface area contributed by atoms with Crippen molar-refractivity contribution in [2.45, 2.75) is 12.0 Å². The van der Waals surface area contributed by atoms with Crippen molar-refractivity contribution in [2.24, 2.45) is 5.73 Å². The molecule has 1 aliphatic rings. The Balaban J connectivity index is 2.37. The minimum atomic E-state index is -1.21. The maximum Gasteiger partial charge on any atom is 0.331 e. The van der Waals surface area contributed by atoms with E-state index in [2.05, 4.69) is 21.2 Å². The van der Waals surface area contributed by atoms with E-state index in [1.165, 1.54) is 0 Å². The zero-order valence-electron chi connectivity index (χ0n) is 9.98. The number of nitrogens with one attached hydrogen (secondary N) is 1. The van der Waals surface area contributed by atoms with E-state index in [1.807, 2.05) is 0 Å². The summed E-state index contributed by atoms with van der Waals surface area (Å²) in [5.41, 5.74) is 4.72. The first-order valence-electron chi connectivity index (χ1n) is 5.63. The summed E-state index contributed by atoms with van der Waals surface area (Å²) in [5, 5.41) is 12.2. The average molecular weight is 329 g/mol. The van der Waals surface area contributed by atoms with Crippen LogP contribution >= 0.6 is 15.9 Å². The third-order valence-electron chi connectivity index (χ3n) is 3.05. The lowest BCUT2D eigenvalue weighted by atomic mass is 9.97. The van der Waals surface area contributed by atoms with Gasteiger partial charge < -0.3 is 20.9 Å². The lowest BCUT2D eigenvalue weighted by Gasteiger charge is -2.26. The molecule has 1 fully saturated rings. The number of carboxylic acid groups (broad SMARTS) is 1. The summed E-state index contributed by atoms with van der Waals surface area (Å²) >= 11 is 3.24. The number of carboxylic acids is 1. The Morgan fingerprint density at radius 1 is 1.47 bits per heavy atom. The molecule has 1 heterocycles. The van der Waals surface area contributed by atoms with Crippen LogP contribution in [0.5, 0.6) is 0 Å². The van der Waals surface area contributed by atoms with Gasteiger partial charge in [-0.2, -0.15) is 0 Å². The molecule has 7 heteroatoms. The first-order chi connectivity index (χ1) is 8.94. The standard InChI is InChI=1S/C12H13BrN2O4/c13-7-1-2-9(8(5-7)10(14)16)15-12(11(17)18)3-4-19-6-12/h1-2,5,15H,3-4,6H2,(H2,14,16)(H,17,18). The zero-order valence-corrected chi connectivity index (χ0v) is 11.6. The van der Waals surface area contributed by atoms with Crippen LogP contribution in [0.4, 0.5) is 5.69 Å². The molecule has 102 valence electrons. The molecule has 1 unspecified atom stereocenters. The molecule has 0 aliphatic carbocycles. The van der Waals surface area contributed by atoms with Gasteiger partial charge in [0.05, 0.1) is 12.2 Å². The number of carbonyl (C=O) groups excluding carboxylic acids is 1. The van der Waals surface area contributed by atoms with Crippen LogP contribution in [0.2, 0.25) is 0 Å². The second-order valence-electron chi connectivity index (χ2n) is 4.37. The van der Waals surface area contributed by atoms with Crippen LogP contribution in [0, 0.1) is 0 Å². The van der Waals surface area contributed by atoms with E-state index in [0.717, 1.165) is 0 Å². The predicted molar refractivity (Wildman–Crippen MR) is 72.1 cm³/mol. The van der Waals surface area contributed by atoms with Crippen molar-refractivity contribution >= 4 is 33.5 Å². The molecule has 1 aromatic rings.